The summed E-state index contributed by atoms with van der Waals surface area (Å²) < 4.78 is 4.70. The Labute approximate surface area is 324 Å². The van der Waals surface area contributed by atoms with Crippen molar-refractivity contribution in [3.05, 3.63) is 175 Å². The van der Waals surface area contributed by atoms with E-state index in [4.69, 9.17) is 9.97 Å². The van der Waals surface area contributed by atoms with Crippen LogP contribution < -0.4 is 10.3 Å². The molecule has 1 aliphatic heterocycles. The maximum Gasteiger partial charge on any atom is 0.417 e. The van der Waals surface area contributed by atoms with Crippen LogP contribution in [0.2, 0.25) is 0 Å². The Balaban J connectivity index is 1.22. The van der Waals surface area contributed by atoms with Crippen LogP contribution in [-0.2, 0) is 6.42 Å². The number of benzene rings is 5. The molecular formula is C48H45BN6. The number of fused-ring (bicyclic) bond motifs is 3. The first-order chi connectivity index (χ1) is 26.9. The van der Waals surface area contributed by atoms with E-state index in [2.05, 4.69) is 193 Å². The predicted molar refractivity (Wildman–Crippen MR) is 229 cm³/mol. The molecule has 8 aromatic rings. The summed E-state index contributed by atoms with van der Waals surface area (Å²) in [4.78, 5) is 16.7. The van der Waals surface area contributed by atoms with Crippen molar-refractivity contribution >= 4 is 18.1 Å². The molecule has 0 saturated carbocycles. The van der Waals surface area contributed by atoms with Gasteiger partial charge in [0.1, 0.15) is 5.82 Å². The molecule has 0 amide bonds. The normalized spacial score (nSPS) is 12.4. The third-order valence-corrected chi connectivity index (χ3v) is 11.0. The molecule has 5 aromatic carbocycles. The molecule has 1 aliphatic rings. The van der Waals surface area contributed by atoms with Crippen molar-refractivity contribution in [1.82, 2.24) is 24.0 Å². The van der Waals surface area contributed by atoms with E-state index in [0.29, 0.717) is 18.3 Å². The van der Waals surface area contributed by atoms with Crippen LogP contribution in [-0.4, -0.2) is 38.0 Å². The molecule has 0 aliphatic carbocycles. The number of rotatable bonds is 9. The van der Waals surface area contributed by atoms with Crippen molar-refractivity contribution in [3.63, 3.8) is 0 Å². The number of hydrogen-bond donors (Lipinski definition) is 1. The highest BCUT2D eigenvalue weighted by Crippen LogP contribution is 2.39. The van der Waals surface area contributed by atoms with Crippen molar-refractivity contribution in [2.75, 3.05) is 11.9 Å². The number of hydrogen-bond acceptors (Lipinski definition) is 3. The quantitative estimate of drug-likeness (QED) is 0.151. The highest BCUT2D eigenvalue weighted by Gasteiger charge is 2.39. The lowest BCUT2D eigenvalue weighted by molar-refractivity contribution is 0.806. The van der Waals surface area contributed by atoms with Crippen molar-refractivity contribution in [2.24, 2.45) is 0 Å². The Hall–Kier alpha value is -6.34. The van der Waals surface area contributed by atoms with Crippen LogP contribution in [0.15, 0.2) is 152 Å². The Morgan fingerprint density at radius 3 is 1.76 bits per heavy atom. The minimum absolute atomic E-state index is 0.156. The fourth-order valence-electron chi connectivity index (χ4n) is 8.44. The van der Waals surface area contributed by atoms with Crippen LogP contribution in [0.4, 0.5) is 5.69 Å². The van der Waals surface area contributed by atoms with Crippen LogP contribution in [0.1, 0.15) is 62.0 Å². The zero-order chi connectivity index (χ0) is 37.6. The lowest BCUT2D eigenvalue weighted by Crippen LogP contribution is -2.55. The van der Waals surface area contributed by atoms with E-state index in [1.165, 1.54) is 44.5 Å². The number of anilines is 1. The van der Waals surface area contributed by atoms with E-state index in [9.17, 15) is 0 Å². The summed E-state index contributed by atoms with van der Waals surface area (Å²) in [7, 11) is 2.21. The molecule has 0 spiro atoms. The lowest BCUT2D eigenvalue weighted by atomic mass is 9.59. The first kappa shape index (κ1) is 34.4. The van der Waals surface area contributed by atoms with Gasteiger partial charge in [0.15, 0.2) is 5.82 Å². The van der Waals surface area contributed by atoms with E-state index < -0.39 is 0 Å². The van der Waals surface area contributed by atoms with Crippen LogP contribution in [0.5, 0.6) is 0 Å². The summed E-state index contributed by atoms with van der Waals surface area (Å²) in [5.41, 5.74) is 15.1. The number of imidazole rings is 2. The molecule has 4 heterocycles. The van der Waals surface area contributed by atoms with Gasteiger partial charge in [-0.3, -0.25) is 4.57 Å². The molecule has 55 heavy (non-hydrogen) atoms. The van der Waals surface area contributed by atoms with Gasteiger partial charge < -0.3 is 14.3 Å². The molecule has 0 radical (unpaired) electrons. The van der Waals surface area contributed by atoms with E-state index in [1.807, 2.05) is 12.3 Å². The van der Waals surface area contributed by atoms with Gasteiger partial charge in [-0.05, 0) is 82.0 Å². The summed E-state index contributed by atoms with van der Waals surface area (Å²) in [6.45, 7) is 8.94. The Bertz CT molecular complexity index is 2520. The maximum atomic E-state index is 5.45. The van der Waals surface area contributed by atoms with Gasteiger partial charge in [-0.2, -0.15) is 0 Å². The number of nitrogens with one attached hydrogen (secondary N) is 1. The van der Waals surface area contributed by atoms with Gasteiger partial charge in [-0.25, -0.2) is 9.97 Å². The monoisotopic (exact) mass is 716 g/mol. The average molecular weight is 717 g/mol. The minimum Gasteiger partial charge on any atom is -0.394 e. The minimum atomic E-state index is -0.156. The number of aromatic nitrogens is 5. The molecular weight excluding hydrogens is 671 g/mol. The zero-order valence-corrected chi connectivity index (χ0v) is 32.1. The van der Waals surface area contributed by atoms with Gasteiger partial charge in [0, 0.05) is 36.3 Å². The SMILES string of the molecule is CC(C)c1cccc(C(C)C)c1-n1cc(Cc2cn3c(n2)-c2ccccc2N(C)B3c2c(-c3ccccc3)cccc2-c2ccccc2)nc1-c1ccc[nH]1. The topological polar surface area (TPSA) is 54.7 Å². The van der Waals surface area contributed by atoms with Gasteiger partial charge in [0.2, 0.25) is 0 Å². The van der Waals surface area contributed by atoms with Crippen molar-refractivity contribution in [2.45, 2.75) is 46.0 Å². The Morgan fingerprint density at radius 2 is 1.15 bits per heavy atom. The number of H-pyrrole nitrogens is 1. The van der Waals surface area contributed by atoms with Gasteiger partial charge >= 0.3 is 6.98 Å². The smallest absolute Gasteiger partial charge is 0.394 e. The first-order valence-electron chi connectivity index (χ1n) is 19.4. The van der Waals surface area contributed by atoms with Crippen LogP contribution in [0.25, 0.3) is 50.8 Å². The first-order valence-corrected chi connectivity index (χ1v) is 19.4. The molecule has 270 valence electrons. The third kappa shape index (κ3) is 6.10. The lowest BCUT2D eigenvalue weighted by Gasteiger charge is -2.36. The summed E-state index contributed by atoms with van der Waals surface area (Å²) in [6, 6.07) is 47.8. The third-order valence-electron chi connectivity index (χ3n) is 11.0. The molecule has 1 N–H and O–H groups in total. The predicted octanol–water partition coefficient (Wildman–Crippen LogP) is 10.6. The summed E-state index contributed by atoms with van der Waals surface area (Å²) in [5.74, 6) is 2.58. The van der Waals surface area contributed by atoms with Crippen molar-refractivity contribution < 1.29 is 0 Å². The standard InChI is InChI=1S/C48H45BN6/c1-32(2)38-22-14-23-39(33(3)4)46(38)54-30-36(52-48(54)43-26-16-28-50-43)29-37-31-55-47(51-37)42-21-12-13-27-44(42)53(5)49(55)45-40(34-17-8-6-9-18-34)24-15-25-41(45)35-19-10-7-11-20-35/h6-28,30-33,50H,29H2,1-5H3. The van der Waals surface area contributed by atoms with Crippen LogP contribution >= 0.6 is 0 Å². The second kappa shape index (κ2) is 14.1. The summed E-state index contributed by atoms with van der Waals surface area (Å²) in [6.07, 6.45) is 7.06. The maximum absolute atomic E-state index is 5.45. The molecule has 6 nitrogen and oxygen atoms in total. The van der Waals surface area contributed by atoms with Gasteiger partial charge in [-0.1, -0.05) is 137 Å². The highest BCUT2D eigenvalue weighted by molar-refractivity contribution is 6.78. The summed E-state index contributed by atoms with van der Waals surface area (Å²) in [5, 5.41) is 0. The molecule has 0 bridgehead atoms. The second-order valence-corrected chi connectivity index (χ2v) is 15.2. The fraction of sp³-hybridized carbons (Fsp3) is 0.167. The fourth-order valence-corrected chi connectivity index (χ4v) is 8.44. The zero-order valence-electron chi connectivity index (χ0n) is 32.1. The van der Waals surface area contributed by atoms with Gasteiger partial charge in [-0.15, -0.1) is 0 Å². The number of aromatic amines is 1. The van der Waals surface area contributed by atoms with Gasteiger partial charge in [0.25, 0.3) is 0 Å². The molecule has 7 heteroatoms. The van der Waals surface area contributed by atoms with E-state index >= 15 is 0 Å². The molecule has 0 saturated heterocycles. The van der Waals surface area contributed by atoms with Crippen LogP contribution in [0, 0.1) is 0 Å². The molecule has 9 rings (SSSR count). The van der Waals surface area contributed by atoms with Crippen molar-refractivity contribution in [3.8, 4) is 50.8 Å². The number of nitrogens with zero attached hydrogens (tertiary/aromatic N) is 5. The van der Waals surface area contributed by atoms with Crippen LogP contribution in [0.3, 0.4) is 0 Å². The molecule has 0 unspecified atom stereocenters. The Morgan fingerprint density at radius 1 is 0.582 bits per heavy atom. The van der Waals surface area contributed by atoms with E-state index in [1.54, 1.807) is 0 Å². The highest BCUT2D eigenvalue weighted by atomic mass is 15.2. The number of para-hydroxylation sites is 2. The van der Waals surface area contributed by atoms with E-state index in [0.717, 1.165) is 40.0 Å². The van der Waals surface area contributed by atoms with Gasteiger partial charge in [0.05, 0.1) is 22.8 Å². The van der Waals surface area contributed by atoms with E-state index in [-0.39, 0.29) is 6.98 Å². The largest absolute Gasteiger partial charge is 0.417 e. The molecule has 0 fully saturated rings. The summed E-state index contributed by atoms with van der Waals surface area (Å²) >= 11 is 0. The second-order valence-electron chi connectivity index (χ2n) is 15.2. The molecule has 0 atom stereocenters. The Kier molecular flexibility index (Phi) is 8.86. The van der Waals surface area contributed by atoms with Crippen molar-refractivity contribution in [1.29, 1.82) is 0 Å². The average Bonchev–Trinajstić information content (AvgIpc) is 3.99. The molecule has 3 aromatic heterocycles.